The van der Waals surface area contributed by atoms with Crippen LogP contribution in [0.5, 0.6) is 0 Å². The summed E-state index contributed by atoms with van der Waals surface area (Å²) in [4.78, 5) is 2.29. The van der Waals surface area contributed by atoms with Crippen LogP contribution in [0.1, 0.15) is 20.3 Å². The van der Waals surface area contributed by atoms with Crippen LogP contribution in [0.25, 0.3) is 0 Å². The number of rotatable bonds is 4. The van der Waals surface area contributed by atoms with E-state index in [4.69, 9.17) is 0 Å². The molecule has 0 aromatic rings. The first kappa shape index (κ1) is 10.9. The Kier molecular flexibility index (Phi) is 4.06. The molecular formula is C9H17F2NO. The molecule has 0 bridgehead atoms. The highest BCUT2D eigenvalue weighted by molar-refractivity contribution is 4.81. The second-order valence-corrected chi connectivity index (χ2v) is 3.63. The fourth-order valence-electron chi connectivity index (χ4n) is 1.99. The minimum absolute atomic E-state index is 0.193. The largest absolute Gasteiger partial charge is 0.345 e. The third-order valence-corrected chi connectivity index (χ3v) is 2.65. The summed E-state index contributed by atoms with van der Waals surface area (Å²) in [5, 5.41) is 0. The van der Waals surface area contributed by atoms with E-state index >= 15 is 0 Å². The maximum absolute atomic E-state index is 11.7. The van der Waals surface area contributed by atoms with Crippen molar-refractivity contribution in [3.05, 3.63) is 0 Å². The molecule has 0 spiro atoms. The first-order valence-corrected chi connectivity index (χ1v) is 4.77. The smallest absolute Gasteiger partial charge is 0.323 e. The molecule has 0 N–H and O–H groups in total. The maximum Gasteiger partial charge on any atom is 0.345 e. The van der Waals surface area contributed by atoms with E-state index in [9.17, 15) is 8.78 Å². The van der Waals surface area contributed by atoms with Gasteiger partial charge in [0.25, 0.3) is 0 Å². The molecule has 2 nitrogen and oxygen atoms in total. The van der Waals surface area contributed by atoms with Gasteiger partial charge in [0.1, 0.15) is 0 Å². The fraction of sp³-hybridized carbons (Fsp3) is 1.00. The van der Waals surface area contributed by atoms with Gasteiger partial charge in [0, 0.05) is 12.6 Å². The van der Waals surface area contributed by atoms with Gasteiger partial charge in [-0.25, -0.2) is 0 Å². The van der Waals surface area contributed by atoms with Crippen molar-refractivity contribution < 1.29 is 13.5 Å². The number of hydrogen-bond donors (Lipinski definition) is 0. The molecule has 2 atom stereocenters. The highest BCUT2D eigenvalue weighted by atomic mass is 19.3. The van der Waals surface area contributed by atoms with E-state index in [0.717, 1.165) is 19.5 Å². The predicted molar refractivity (Wildman–Crippen MR) is 46.8 cm³/mol. The Morgan fingerprint density at radius 3 is 2.69 bits per heavy atom. The van der Waals surface area contributed by atoms with E-state index < -0.39 is 6.61 Å². The predicted octanol–water partition coefficient (Wildman–Crippen LogP) is 1.96. The van der Waals surface area contributed by atoms with Crippen molar-refractivity contribution in [2.75, 3.05) is 19.7 Å². The summed E-state index contributed by atoms with van der Waals surface area (Å²) in [7, 11) is 0. The minimum atomic E-state index is -2.62. The van der Waals surface area contributed by atoms with Gasteiger partial charge < -0.3 is 9.64 Å². The lowest BCUT2D eigenvalue weighted by molar-refractivity contribution is -0.137. The first-order valence-electron chi connectivity index (χ1n) is 4.77. The van der Waals surface area contributed by atoms with Crippen LogP contribution in [0.3, 0.4) is 0 Å². The topological polar surface area (TPSA) is 12.5 Å². The van der Waals surface area contributed by atoms with Crippen molar-refractivity contribution >= 4 is 0 Å². The monoisotopic (exact) mass is 193 g/mol. The number of hydrogen-bond acceptors (Lipinski definition) is 2. The summed E-state index contributed by atoms with van der Waals surface area (Å²) in [5.41, 5.74) is 0. The average molecular weight is 193 g/mol. The SMILES string of the molecule is CCN1CC(COC(F)F)C[C@H]1C. The van der Waals surface area contributed by atoms with Crippen LogP contribution in [0, 0.1) is 5.92 Å². The van der Waals surface area contributed by atoms with Crippen LogP contribution in [-0.4, -0.2) is 37.2 Å². The lowest BCUT2D eigenvalue weighted by Crippen LogP contribution is -2.27. The van der Waals surface area contributed by atoms with E-state index in [1.807, 2.05) is 0 Å². The third kappa shape index (κ3) is 3.19. The first-order chi connectivity index (χ1) is 6.13. The van der Waals surface area contributed by atoms with Crippen LogP contribution in [0.15, 0.2) is 0 Å². The fourth-order valence-corrected chi connectivity index (χ4v) is 1.99. The number of nitrogens with zero attached hydrogens (tertiary/aromatic N) is 1. The van der Waals surface area contributed by atoms with Crippen LogP contribution < -0.4 is 0 Å². The molecule has 1 unspecified atom stereocenters. The Bertz CT molecular complexity index is 155. The summed E-state index contributed by atoms with van der Waals surface area (Å²) < 4.78 is 27.8. The summed E-state index contributed by atoms with van der Waals surface area (Å²) in [6.45, 7) is 3.68. The van der Waals surface area contributed by atoms with Gasteiger partial charge in [0.2, 0.25) is 0 Å². The van der Waals surface area contributed by atoms with Gasteiger partial charge in [-0.15, -0.1) is 0 Å². The lowest BCUT2D eigenvalue weighted by atomic mass is 10.1. The molecule has 0 amide bonds. The molecular weight excluding hydrogens is 176 g/mol. The van der Waals surface area contributed by atoms with Crippen molar-refractivity contribution in [3.8, 4) is 0 Å². The number of ether oxygens (including phenoxy) is 1. The molecule has 1 rings (SSSR count). The minimum Gasteiger partial charge on any atom is -0.323 e. The zero-order valence-corrected chi connectivity index (χ0v) is 8.17. The van der Waals surface area contributed by atoms with Gasteiger partial charge in [-0.1, -0.05) is 6.92 Å². The molecule has 1 fully saturated rings. The van der Waals surface area contributed by atoms with E-state index in [2.05, 4.69) is 23.5 Å². The molecule has 0 radical (unpaired) electrons. The molecule has 0 aromatic carbocycles. The summed E-state index contributed by atoms with van der Waals surface area (Å²) in [6.07, 6.45) is 0.973. The van der Waals surface area contributed by atoms with Crippen molar-refractivity contribution in [2.45, 2.75) is 32.9 Å². The zero-order valence-electron chi connectivity index (χ0n) is 8.17. The quantitative estimate of drug-likeness (QED) is 0.676. The van der Waals surface area contributed by atoms with Crippen LogP contribution in [0.2, 0.25) is 0 Å². The molecule has 0 aromatic heterocycles. The highest BCUT2D eigenvalue weighted by Gasteiger charge is 2.28. The van der Waals surface area contributed by atoms with Gasteiger partial charge in [-0.2, -0.15) is 8.78 Å². The van der Waals surface area contributed by atoms with Gasteiger partial charge in [-0.3, -0.25) is 0 Å². The lowest BCUT2D eigenvalue weighted by Gasteiger charge is -2.17. The molecule has 13 heavy (non-hydrogen) atoms. The number of halogens is 2. The molecule has 78 valence electrons. The van der Waals surface area contributed by atoms with E-state index in [1.54, 1.807) is 0 Å². The van der Waals surface area contributed by atoms with Crippen LogP contribution in [-0.2, 0) is 4.74 Å². The van der Waals surface area contributed by atoms with Gasteiger partial charge >= 0.3 is 6.61 Å². The molecule has 1 heterocycles. The standard InChI is InChI=1S/C9H17F2NO/c1-3-12-5-8(4-7(12)2)6-13-9(10)11/h7-9H,3-6H2,1-2H3/t7-,8?/m1/s1. The third-order valence-electron chi connectivity index (χ3n) is 2.65. The molecule has 1 aliphatic heterocycles. The van der Waals surface area contributed by atoms with Crippen LogP contribution >= 0.6 is 0 Å². The normalized spacial score (nSPS) is 30.2. The second-order valence-electron chi connectivity index (χ2n) is 3.63. The van der Waals surface area contributed by atoms with Gasteiger partial charge in [0.05, 0.1) is 6.61 Å². The van der Waals surface area contributed by atoms with E-state index in [0.29, 0.717) is 6.04 Å². The molecule has 0 saturated carbocycles. The molecule has 0 aliphatic carbocycles. The summed E-state index contributed by atoms with van der Waals surface area (Å²) in [5.74, 6) is 0.281. The van der Waals surface area contributed by atoms with Gasteiger partial charge in [-0.05, 0) is 25.8 Å². The summed E-state index contributed by atoms with van der Waals surface area (Å²) in [6, 6.07) is 0.510. The highest BCUT2D eigenvalue weighted by Crippen LogP contribution is 2.23. The van der Waals surface area contributed by atoms with Crippen molar-refractivity contribution in [2.24, 2.45) is 5.92 Å². The Morgan fingerprint density at radius 2 is 2.23 bits per heavy atom. The average Bonchev–Trinajstić information content (AvgIpc) is 2.43. The Morgan fingerprint density at radius 1 is 1.54 bits per heavy atom. The second kappa shape index (κ2) is 4.86. The maximum atomic E-state index is 11.7. The van der Waals surface area contributed by atoms with Gasteiger partial charge in [0.15, 0.2) is 0 Å². The Balaban J connectivity index is 2.23. The Labute approximate surface area is 77.9 Å². The van der Waals surface area contributed by atoms with Crippen molar-refractivity contribution in [1.29, 1.82) is 0 Å². The number of likely N-dealkylation sites (tertiary alicyclic amines) is 1. The van der Waals surface area contributed by atoms with E-state index in [-0.39, 0.29) is 12.5 Å². The van der Waals surface area contributed by atoms with Crippen molar-refractivity contribution in [3.63, 3.8) is 0 Å². The molecule has 4 heteroatoms. The Hall–Kier alpha value is -0.220. The number of alkyl halides is 2. The zero-order chi connectivity index (χ0) is 9.84. The molecule has 1 saturated heterocycles. The van der Waals surface area contributed by atoms with Crippen molar-refractivity contribution in [1.82, 2.24) is 4.90 Å². The van der Waals surface area contributed by atoms with Crippen LogP contribution in [0.4, 0.5) is 8.78 Å². The van der Waals surface area contributed by atoms with E-state index in [1.165, 1.54) is 0 Å². The molecule has 1 aliphatic rings. The summed E-state index contributed by atoms with van der Waals surface area (Å²) >= 11 is 0.